The Bertz CT molecular complexity index is 258. The van der Waals surface area contributed by atoms with E-state index in [0.717, 1.165) is 25.7 Å². The largest absolute Gasteiger partial charge is 0.317 e. The van der Waals surface area contributed by atoms with Crippen LogP contribution in [0.4, 0.5) is 0 Å². The van der Waals surface area contributed by atoms with Crippen LogP contribution in [-0.4, -0.2) is 13.1 Å². The molecular formula is C12H18N4Pt. The molecule has 0 aliphatic rings. The van der Waals surface area contributed by atoms with E-state index in [-0.39, 0.29) is 0 Å². The van der Waals surface area contributed by atoms with Gasteiger partial charge >= 0.3 is 38.0 Å². The quantitative estimate of drug-likeness (QED) is 0.524. The maximum Gasteiger partial charge on any atom is 0.214 e. The normalized spacial score (nSPS) is 6.71. The predicted molar refractivity (Wildman–Crippen MR) is 64.0 cm³/mol. The molecule has 0 fully saturated rings. The van der Waals surface area contributed by atoms with Gasteiger partial charge in [0.15, 0.2) is 0 Å². The second-order valence-electron chi connectivity index (χ2n) is 2.69. The van der Waals surface area contributed by atoms with Crippen molar-refractivity contribution in [2.45, 2.75) is 39.5 Å². The smallest absolute Gasteiger partial charge is 0.214 e. The average molecular weight is 413 g/mol. The van der Waals surface area contributed by atoms with Gasteiger partial charge in [-0.05, 0) is 12.8 Å². The summed E-state index contributed by atoms with van der Waals surface area (Å²) in [4.78, 5) is 6.35. The average Bonchev–Trinajstić information content (AvgIpc) is 2.36. The molecule has 0 rings (SSSR count). The Morgan fingerprint density at radius 3 is 1.35 bits per heavy atom. The van der Waals surface area contributed by atoms with Gasteiger partial charge in [-0.15, -0.1) is 0 Å². The molecule has 0 aliphatic heterocycles. The first kappa shape index (κ1) is 21.0. The molecule has 0 unspecified atom stereocenters. The van der Waals surface area contributed by atoms with E-state index in [9.17, 15) is 0 Å². The molecule has 96 valence electrons. The Labute approximate surface area is 113 Å². The molecule has 0 aromatic rings. The van der Waals surface area contributed by atoms with Gasteiger partial charge in [0.2, 0.25) is 13.1 Å². The summed E-state index contributed by atoms with van der Waals surface area (Å²) in [5.74, 6) is 0. The number of rotatable bonds is 4. The van der Waals surface area contributed by atoms with Crippen molar-refractivity contribution in [2.75, 3.05) is 13.1 Å². The molecule has 0 amide bonds. The fourth-order valence-electron chi connectivity index (χ4n) is 0.490. The van der Waals surface area contributed by atoms with Gasteiger partial charge in [0.1, 0.15) is 0 Å². The van der Waals surface area contributed by atoms with Crippen LogP contribution in [0.1, 0.15) is 39.5 Å². The van der Waals surface area contributed by atoms with E-state index in [4.69, 9.17) is 23.7 Å². The number of hydrogen-bond donors (Lipinski definition) is 0. The zero-order valence-electron chi connectivity index (χ0n) is 10.3. The number of nitriles is 2. The summed E-state index contributed by atoms with van der Waals surface area (Å²) in [7, 11) is 0. The maximum atomic E-state index is 7.64. The number of unbranched alkanes of at least 4 members (excludes halogenated alkanes) is 2. The van der Waals surface area contributed by atoms with Crippen molar-refractivity contribution in [3.8, 4) is 8.92 Å². The van der Waals surface area contributed by atoms with Crippen molar-refractivity contribution in [1.82, 2.24) is 0 Å². The molecule has 0 saturated heterocycles. The second kappa shape index (κ2) is 29.3. The molecular weight excluding hydrogens is 395 g/mol. The van der Waals surface area contributed by atoms with E-state index < -0.39 is 18.6 Å². The van der Waals surface area contributed by atoms with Crippen LogP contribution in [0.3, 0.4) is 0 Å². The third kappa shape index (κ3) is 53.0. The first-order chi connectivity index (χ1) is 8.24. The van der Waals surface area contributed by atoms with Crippen molar-refractivity contribution in [3.63, 3.8) is 0 Å². The standard InChI is InChI=1S/2C5H9N.2CN.Pt/c2*1-3-4-5-6-2;2*1-2;/h2*3-5H2,1H3;;;. The van der Waals surface area contributed by atoms with Crippen LogP contribution in [-0.2, 0) is 18.6 Å². The molecule has 0 atom stereocenters. The Balaban J connectivity index is -0.000000174. The van der Waals surface area contributed by atoms with Gasteiger partial charge in [0.25, 0.3) is 0 Å². The van der Waals surface area contributed by atoms with Gasteiger partial charge in [-0.25, -0.2) is 13.1 Å². The van der Waals surface area contributed by atoms with Gasteiger partial charge in [-0.3, -0.25) is 0 Å². The minimum atomic E-state index is -0.765. The van der Waals surface area contributed by atoms with Crippen LogP contribution in [0, 0.1) is 32.6 Å². The summed E-state index contributed by atoms with van der Waals surface area (Å²) in [5.41, 5.74) is 0. The van der Waals surface area contributed by atoms with Crippen molar-refractivity contribution in [3.05, 3.63) is 22.8 Å². The number of nitrogens with zero attached hydrogens (tertiary/aromatic N) is 4. The molecule has 0 saturated carbocycles. The summed E-state index contributed by atoms with van der Waals surface area (Å²) < 4.78 is 3.53. The van der Waals surface area contributed by atoms with Gasteiger partial charge in [0, 0.05) is 12.8 Å². The van der Waals surface area contributed by atoms with Crippen LogP contribution in [0.2, 0.25) is 0 Å². The van der Waals surface area contributed by atoms with E-state index in [1.807, 2.05) is 0 Å². The molecule has 0 aromatic carbocycles. The van der Waals surface area contributed by atoms with E-state index in [1.165, 1.54) is 0 Å². The summed E-state index contributed by atoms with van der Waals surface area (Å²) >= 11 is -0.765. The van der Waals surface area contributed by atoms with E-state index >= 15 is 0 Å². The second-order valence-corrected chi connectivity index (χ2v) is 4.28. The Kier molecular flexibility index (Phi) is 36.2. The molecule has 0 heterocycles. The van der Waals surface area contributed by atoms with E-state index in [0.29, 0.717) is 13.1 Å². The third-order valence-corrected chi connectivity index (χ3v) is 1.83. The van der Waals surface area contributed by atoms with Crippen LogP contribution in [0.15, 0.2) is 0 Å². The van der Waals surface area contributed by atoms with Gasteiger partial charge in [-0.1, -0.05) is 13.8 Å². The van der Waals surface area contributed by atoms with E-state index in [1.54, 1.807) is 8.92 Å². The molecule has 0 N–H and O–H groups in total. The molecule has 0 spiro atoms. The summed E-state index contributed by atoms with van der Waals surface area (Å²) in [6.07, 6.45) is 4.40. The van der Waals surface area contributed by atoms with Crippen LogP contribution >= 0.6 is 0 Å². The Morgan fingerprint density at radius 2 is 1.29 bits per heavy atom. The van der Waals surface area contributed by atoms with Crippen molar-refractivity contribution in [1.29, 1.82) is 10.5 Å². The summed E-state index contributed by atoms with van der Waals surface area (Å²) in [6.45, 7) is 18.2. The van der Waals surface area contributed by atoms with E-state index in [2.05, 4.69) is 23.5 Å². The summed E-state index contributed by atoms with van der Waals surface area (Å²) in [5, 5.41) is 15.3. The minimum Gasteiger partial charge on any atom is -0.317 e. The summed E-state index contributed by atoms with van der Waals surface area (Å²) in [6, 6.07) is 0. The zero-order valence-corrected chi connectivity index (χ0v) is 12.6. The molecule has 0 radical (unpaired) electrons. The zero-order chi connectivity index (χ0) is 13.8. The van der Waals surface area contributed by atoms with Gasteiger partial charge in [-0.2, -0.15) is 0 Å². The molecule has 4 nitrogen and oxygen atoms in total. The number of hydrogen-bond acceptors (Lipinski definition) is 2. The first-order valence-electron chi connectivity index (χ1n) is 5.26. The maximum absolute atomic E-state index is 7.64. The van der Waals surface area contributed by atoms with Crippen LogP contribution in [0.5, 0.6) is 0 Å². The van der Waals surface area contributed by atoms with Crippen molar-refractivity contribution >= 4 is 0 Å². The third-order valence-electron chi connectivity index (χ3n) is 1.32. The fraction of sp³-hybridized carbons (Fsp3) is 0.667. The molecule has 5 heteroatoms. The van der Waals surface area contributed by atoms with Crippen LogP contribution in [0.25, 0.3) is 9.69 Å². The topological polar surface area (TPSA) is 56.3 Å². The van der Waals surface area contributed by atoms with Crippen molar-refractivity contribution < 1.29 is 18.6 Å². The molecule has 17 heavy (non-hydrogen) atoms. The molecule has 0 aliphatic carbocycles. The monoisotopic (exact) mass is 413 g/mol. The Morgan fingerprint density at radius 1 is 0.941 bits per heavy atom. The fourth-order valence-corrected chi connectivity index (χ4v) is 0.604. The van der Waals surface area contributed by atoms with Crippen molar-refractivity contribution in [2.24, 2.45) is 0 Å². The predicted octanol–water partition coefficient (Wildman–Crippen LogP) is 3.44. The van der Waals surface area contributed by atoms with Gasteiger partial charge in [0.05, 0.1) is 0 Å². The Hall–Kier alpha value is -1.35. The van der Waals surface area contributed by atoms with Gasteiger partial charge < -0.3 is 9.69 Å². The minimum absolute atomic E-state index is 0.705. The van der Waals surface area contributed by atoms with Crippen LogP contribution < -0.4 is 0 Å². The molecule has 0 aromatic heterocycles. The molecule has 0 bridgehead atoms. The first-order valence-corrected chi connectivity index (χ1v) is 7.53. The SMILES string of the molecule is N#[C][Pt][C]#N.[C-]#[N+]CCCC.[C-]#[N+]CCCC.